The van der Waals surface area contributed by atoms with E-state index in [1.807, 2.05) is 30.3 Å². The van der Waals surface area contributed by atoms with Crippen LogP contribution in [0.25, 0.3) is 0 Å². The standard InChI is InChI=1S/C22H23N3O2S.BrH/c1-16-9-11-17(12-10-16)23-20-22(13-5-6-14-22)25(18-7-3-2-4-8-18)21(24-20)28-15-19(26)27;/h2-4,7-12H,5-6,13-15H2,1H3,(H,26,27);1H. The number of amidine groups is 2. The van der Waals surface area contributed by atoms with E-state index in [4.69, 9.17) is 9.98 Å². The van der Waals surface area contributed by atoms with Gasteiger partial charge >= 0.3 is 5.97 Å². The molecule has 2 aromatic carbocycles. The van der Waals surface area contributed by atoms with E-state index in [9.17, 15) is 9.90 Å². The Kier molecular flexibility index (Phi) is 6.80. The summed E-state index contributed by atoms with van der Waals surface area (Å²) in [7, 11) is 0. The normalized spacial score (nSPS) is 18.7. The highest BCUT2D eigenvalue weighted by Crippen LogP contribution is 2.45. The summed E-state index contributed by atoms with van der Waals surface area (Å²) in [5.74, 6) is -0.0634. The molecule has 0 atom stereocenters. The van der Waals surface area contributed by atoms with Gasteiger partial charge in [0, 0.05) is 5.69 Å². The minimum atomic E-state index is -0.842. The van der Waals surface area contributed by atoms with Crippen LogP contribution in [0.3, 0.4) is 0 Å². The lowest BCUT2D eigenvalue weighted by Crippen LogP contribution is -2.49. The molecule has 0 unspecified atom stereocenters. The topological polar surface area (TPSA) is 65.3 Å². The molecule has 2 aromatic rings. The number of aryl methyl sites for hydroxylation is 1. The Morgan fingerprint density at radius 3 is 2.41 bits per heavy atom. The maximum absolute atomic E-state index is 11.2. The highest BCUT2D eigenvalue weighted by atomic mass is 79.9. The predicted octanol–water partition coefficient (Wildman–Crippen LogP) is 5.61. The second kappa shape index (κ2) is 9.13. The number of rotatable bonds is 4. The number of thioether (sulfide) groups is 1. The first kappa shape index (κ1) is 21.6. The minimum absolute atomic E-state index is 0. The lowest BCUT2D eigenvalue weighted by molar-refractivity contribution is -0.133. The fourth-order valence-electron chi connectivity index (χ4n) is 3.96. The molecule has 1 fully saturated rings. The van der Waals surface area contributed by atoms with Gasteiger partial charge in [-0.15, -0.1) is 17.0 Å². The van der Waals surface area contributed by atoms with Gasteiger partial charge in [-0.1, -0.05) is 60.5 Å². The molecule has 1 saturated carbocycles. The zero-order valence-electron chi connectivity index (χ0n) is 16.2. The van der Waals surface area contributed by atoms with Gasteiger partial charge in [-0.2, -0.15) is 0 Å². The third-order valence-corrected chi connectivity index (χ3v) is 6.20. The molecule has 0 radical (unpaired) electrons. The SMILES string of the molecule is Br.Cc1ccc(N=C2N=C(SCC(=O)O)N(c3ccccc3)C23CCCC3)cc1. The number of aliphatic imine (C=N–C) groups is 2. The molecule has 4 rings (SSSR count). The molecule has 152 valence electrons. The summed E-state index contributed by atoms with van der Waals surface area (Å²) in [6, 6.07) is 18.2. The summed E-state index contributed by atoms with van der Waals surface area (Å²) < 4.78 is 0. The maximum atomic E-state index is 11.2. The van der Waals surface area contributed by atoms with Crippen molar-refractivity contribution in [2.75, 3.05) is 10.7 Å². The monoisotopic (exact) mass is 473 g/mol. The van der Waals surface area contributed by atoms with E-state index in [1.165, 1.54) is 17.3 Å². The van der Waals surface area contributed by atoms with Crippen LogP contribution in [0.1, 0.15) is 31.2 Å². The molecule has 2 aliphatic rings. The Hall–Kier alpha value is -2.12. The van der Waals surface area contributed by atoms with Crippen LogP contribution in [0.15, 0.2) is 64.6 Å². The fraction of sp³-hybridized carbons (Fsp3) is 0.318. The second-order valence-corrected chi connectivity index (χ2v) is 8.20. The zero-order valence-corrected chi connectivity index (χ0v) is 18.8. The number of nitrogens with zero attached hydrogens (tertiary/aromatic N) is 3. The quantitative estimate of drug-likeness (QED) is 0.626. The van der Waals surface area contributed by atoms with E-state index in [2.05, 4.69) is 36.1 Å². The molecule has 0 aromatic heterocycles. The van der Waals surface area contributed by atoms with Crippen molar-refractivity contribution in [2.45, 2.75) is 38.1 Å². The number of aliphatic carboxylic acids is 1. The molecule has 1 aliphatic carbocycles. The van der Waals surface area contributed by atoms with E-state index < -0.39 is 5.97 Å². The molecule has 1 N–H and O–H groups in total. The van der Waals surface area contributed by atoms with E-state index >= 15 is 0 Å². The molecule has 1 heterocycles. The van der Waals surface area contributed by atoms with Gasteiger partial charge in [0.2, 0.25) is 0 Å². The number of anilines is 1. The molecular weight excluding hydrogens is 450 g/mol. The molecule has 0 amide bonds. The van der Waals surface area contributed by atoms with Gasteiger partial charge in [-0.3, -0.25) is 4.79 Å². The molecular formula is C22H24BrN3O2S. The smallest absolute Gasteiger partial charge is 0.313 e. The lowest BCUT2D eigenvalue weighted by Gasteiger charge is -2.36. The first-order valence-electron chi connectivity index (χ1n) is 9.53. The van der Waals surface area contributed by atoms with E-state index in [0.29, 0.717) is 0 Å². The molecule has 0 saturated heterocycles. The van der Waals surface area contributed by atoms with Gasteiger partial charge in [0.05, 0.1) is 11.4 Å². The molecule has 29 heavy (non-hydrogen) atoms. The Labute approximate surface area is 185 Å². The van der Waals surface area contributed by atoms with Gasteiger partial charge in [0.1, 0.15) is 5.54 Å². The number of carbonyl (C=O) groups is 1. The fourth-order valence-corrected chi connectivity index (χ4v) is 4.78. The first-order valence-corrected chi connectivity index (χ1v) is 10.5. The van der Waals surface area contributed by atoms with Crippen molar-refractivity contribution in [3.05, 3.63) is 60.2 Å². The van der Waals surface area contributed by atoms with Crippen LogP contribution in [0, 0.1) is 6.92 Å². The van der Waals surface area contributed by atoms with Crippen molar-refractivity contribution in [1.29, 1.82) is 0 Å². The van der Waals surface area contributed by atoms with Crippen molar-refractivity contribution in [3.8, 4) is 0 Å². The van der Waals surface area contributed by atoms with Crippen LogP contribution >= 0.6 is 28.7 Å². The van der Waals surface area contributed by atoms with Gasteiger partial charge in [0.15, 0.2) is 11.0 Å². The van der Waals surface area contributed by atoms with Crippen LogP contribution in [-0.4, -0.2) is 33.4 Å². The van der Waals surface area contributed by atoms with E-state index in [1.54, 1.807) is 0 Å². The summed E-state index contributed by atoms with van der Waals surface area (Å²) in [6.45, 7) is 2.06. The summed E-state index contributed by atoms with van der Waals surface area (Å²) in [5, 5.41) is 9.91. The van der Waals surface area contributed by atoms with Crippen molar-refractivity contribution >= 4 is 57.1 Å². The molecule has 1 spiro atoms. The molecule has 1 aliphatic heterocycles. The number of halogens is 1. The number of para-hydroxylation sites is 1. The third kappa shape index (κ3) is 4.41. The van der Waals surface area contributed by atoms with Gasteiger partial charge in [-0.25, -0.2) is 9.98 Å². The van der Waals surface area contributed by atoms with Crippen molar-refractivity contribution in [2.24, 2.45) is 9.98 Å². The predicted molar refractivity (Wildman–Crippen MR) is 126 cm³/mol. The van der Waals surface area contributed by atoms with E-state index in [-0.39, 0.29) is 28.3 Å². The lowest BCUT2D eigenvalue weighted by atomic mass is 9.94. The Balaban J connectivity index is 0.00000240. The number of benzene rings is 2. The molecule has 5 nitrogen and oxygen atoms in total. The van der Waals surface area contributed by atoms with Crippen molar-refractivity contribution in [1.82, 2.24) is 0 Å². The van der Waals surface area contributed by atoms with Crippen LogP contribution in [-0.2, 0) is 4.79 Å². The molecule has 7 heteroatoms. The molecule has 0 bridgehead atoms. The Morgan fingerprint density at radius 2 is 1.79 bits per heavy atom. The Morgan fingerprint density at radius 1 is 1.14 bits per heavy atom. The van der Waals surface area contributed by atoms with Gasteiger partial charge < -0.3 is 10.0 Å². The highest BCUT2D eigenvalue weighted by Gasteiger charge is 2.51. The summed E-state index contributed by atoms with van der Waals surface area (Å²) >= 11 is 1.27. The first-order chi connectivity index (χ1) is 13.6. The largest absolute Gasteiger partial charge is 0.481 e. The highest BCUT2D eigenvalue weighted by molar-refractivity contribution is 8.93. The third-order valence-electron chi connectivity index (χ3n) is 5.28. The van der Waals surface area contributed by atoms with Crippen LogP contribution < -0.4 is 4.90 Å². The van der Waals surface area contributed by atoms with E-state index in [0.717, 1.165) is 48.1 Å². The van der Waals surface area contributed by atoms with Crippen LogP contribution in [0.5, 0.6) is 0 Å². The summed E-state index contributed by atoms with van der Waals surface area (Å²) in [6.07, 6.45) is 4.16. The maximum Gasteiger partial charge on any atom is 0.313 e. The zero-order chi connectivity index (χ0) is 19.6. The number of carboxylic acid groups (broad SMARTS) is 1. The van der Waals surface area contributed by atoms with Gasteiger partial charge in [-0.05, 0) is 44.0 Å². The average molecular weight is 474 g/mol. The minimum Gasteiger partial charge on any atom is -0.481 e. The second-order valence-electron chi connectivity index (χ2n) is 7.26. The van der Waals surface area contributed by atoms with Crippen LogP contribution in [0.2, 0.25) is 0 Å². The number of carboxylic acids is 1. The summed E-state index contributed by atoms with van der Waals surface area (Å²) in [5.41, 5.74) is 2.81. The van der Waals surface area contributed by atoms with Gasteiger partial charge in [0.25, 0.3) is 0 Å². The number of hydrogen-bond acceptors (Lipinski definition) is 4. The summed E-state index contributed by atoms with van der Waals surface area (Å²) in [4.78, 5) is 23.2. The Bertz CT molecular complexity index is 923. The van der Waals surface area contributed by atoms with Crippen LogP contribution in [0.4, 0.5) is 11.4 Å². The average Bonchev–Trinajstić information content (AvgIpc) is 3.29. The number of hydrogen-bond donors (Lipinski definition) is 1. The van der Waals surface area contributed by atoms with Crippen molar-refractivity contribution in [3.63, 3.8) is 0 Å². The van der Waals surface area contributed by atoms with Crippen molar-refractivity contribution < 1.29 is 9.90 Å².